The molecule has 1 aliphatic heterocycles. The van der Waals surface area contributed by atoms with Crippen molar-refractivity contribution in [2.24, 2.45) is 0 Å². The van der Waals surface area contributed by atoms with E-state index in [2.05, 4.69) is 5.32 Å². The van der Waals surface area contributed by atoms with Gasteiger partial charge in [-0.15, -0.1) is 11.8 Å². The van der Waals surface area contributed by atoms with E-state index in [1.807, 2.05) is 13.0 Å². The number of hydrogen-bond donors (Lipinski definition) is 2. The van der Waals surface area contributed by atoms with Gasteiger partial charge < -0.3 is 14.8 Å². The van der Waals surface area contributed by atoms with Crippen LogP contribution in [0.5, 0.6) is 0 Å². The van der Waals surface area contributed by atoms with Gasteiger partial charge in [0.1, 0.15) is 5.76 Å². The van der Waals surface area contributed by atoms with E-state index in [1.165, 1.54) is 5.56 Å². The van der Waals surface area contributed by atoms with Gasteiger partial charge in [0.25, 0.3) is 0 Å². The van der Waals surface area contributed by atoms with E-state index in [0.29, 0.717) is 5.25 Å². The molecule has 2 rings (SSSR count). The van der Waals surface area contributed by atoms with Crippen molar-refractivity contribution in [3.8, 4) is 0 Å². The van der Waals surface area contributed by atoms with Crippen molar-refractivity contribution >= 4 is 11.8 Å². The third-order valence-electron chi connectivity index (χ3n) is 2.52. The average molecular weight is 213 g/mol. The number of rotatable bonds is 3. The molecule has 0 aromatic carbocycles. The molecule has 1 fully saturated rings. The smallest absolute Gasteiger partial charge is 0.116 e. The highest BCUT2D eigenvalue weighted by atomic mass is 32.2. The Morgan fingerprint density at radius 1 is 1.64 bits per heavy atom. The third-order valence-corrected chi connectivity index (χ3v) is 3.86. The largest absolute Gasteiger partial charge is 0.468 e. The summed E-state index contributed by atoms with van der Waals surface area (Å²) in [5.41, 5.74) is 1.19. The SMILES string of the molecule is Cc1ccoc1CSC1CNCC1O. The molecule has 78 valence electrons. The molecule has 14 heavy (non-hydrogen) atoms. The fraction of sp³-hybridized carbons (Fsp3) is 0.600. The Kier molecular flexibility index (Phi) is 3.15. The molecular weight excluding hydrogens is 198 g/mol. The van der Waals surface area contributed by atoms with E-state index >= 15 is 0 Å². The van der Waals surface area contributed by atoms with E-state index in [1.54, 1.807) is 18.0 Å². The van der Waals surface area contributed by atoms with Crippen LogP contribution < -0.4 is 5.32 Å². The Morgan fingerprint density at radius 3 is 3.07 bits per heavy atom. The molecule has 1 aromatic rings. The van der Waals surface area contributed by atoms with Crippen molar-refractivity contribution in [3.63, 3.8) is 0 Å². The Hall–Kier alpha value is -0.450. The molecule has 2 atom stereocenters. The van der Waals surface area contributed by atoms with Crippen LogP contribution in [0.25, 0.3) is 0 Å². The summed E-state index contributed by atoms with van der Waals surface area (Å²) in [5.74, 6) is 1.87. The maximum atomic E-state index is 9.57. The van der Waals surface area contributed by atoms with Crippen molar-refractivity contribution in [1.82, 2.24) is 5.32 Å². The normalized spacial score (nSPS) is 27.0. The van der Waals surface area contributed by atoms with Gasteiger partial charge in [0.05, 0.1) is 18.1 Å². The molecule has 2 N–H and O–H groups in total. The molecule has 0 radical (unpaired) electrons. The van der Waals surface area contributed by atoms with Crippen LogP contribution in [0.4, 0.5) is 0 Å². The average Bonchev–Trinajstić information content (AvgIpc) is 2.72. The lowest BCUT2D eigenvalue weighted by molar-refractivity contribution is 0.201. The van der Waals surface area contributed by atoms with E-state index < -0.39 is 0 Å². The van der Waals surface area contributed by atoms with Gasteiger partial charge in [-0.1, -0.05) is 0 Å². The molecule has 0 bridgehead atoms. The zero-order valence-corrected chi connectivity index (χ0v) is 9.01. The molecule has 2 heterocycles. The second-order valence-electron chi connectivity index (χ2n) is 3.60. The molecular formula is C10H15NO2S. The quantitative estimate of drug-likeness (QED) is 0.790. The summed E-state index contributed by atoms with van der Waals surface area (Å²) >= 11 is 1.76. The first kappa shape index (κ1) is 10.1. The minimum atomic E-state index is -0.213. The van der Waals surface area contributed by atoms with Gasteiger partial charge in [0, 0.05) is 18.3 Å². The predicted molar refractivity (Wildman–Crippen MR) is 57.4 cm³/mol. The van der Waals surface area contributed by atoms with Crippen molar-refractivity contribution in [3.05, 3.63) is 23.7 Å². The van der Waals surface area contributed by atoms with Gasteiger partial charge >= 0.3 is 0 Å². The fourth-order valence-electron chi connectivity index (χ4n) is 1.55. The summed E-state index contributed by atoms with van der Waals surface area (Å²) in [4.78, 5) is 0. The van der Waals surface area contributed by atoms with Crippen molar-refractivity contribution in [2.45, 2.75) is 24.0 Å². The summed E-state index contributed by atoms with van der Waals surface area (Å²) in [7, 11) is 0. The topological polar surface area (TPSA) is 45.4 Å². The van der Waals surface area contributed by atoms with Crippen LogP contribution in [0.15, 0.2) is 16.7 Å². The molecule has 0 amide bonds. The van der Waals surface area contributed by atoms with Crippen molar-refractivity contribution < 1.29 is 9.52 Å². The van der Waals surface area contributed by atoms with Gasteiger partial charge in [-0.25, -0.2) is 0 Å². The summed E-state index contributed by atoms with van der Waals surface area (Å²) in [6, 6.07) is 1.97. The van der Waals surface area contributed by atoms with Crippen LogP contribution in [0.3, 0.4) is 0 Å². The Bertz CT molecular complexity index is 300. The number of thioether (sulfide) groups is 1. The first-order chi connectivity index (χ1) is 6.77. The van der Waals surface area contributed by atoms with Gasteiger partial charge in [-0.05, 0) is 18.6 Å². The number of aliphatic hydroxyl groups excluding tert-OH is 1. The Labute approximate surface area is 87.9 Å². The number of β-amino-alcohol motifs (C(OH)–C–C–N with tert-alkyl or cyclic N) is 1. The molecule has 4 heteroatoms. The third kappa shape index (κ3) is 2.13. The maximum absolute atomic E-state index is 9.57. The molecule has 0 spiro atoms. The first-order valence-electron chi connectivity index (χ1n) is 4.80. The summed E-state index contributed by atoms with van der Waals surface area (Å²) in [5, 5.41) is 13.0. The lowest BCUT2D eigenvalue weighted by Crippen LogP contribution is -2.20. The van der Waals surface area contributed by atoms with Crippen LogP contribution >= 0.6 is 11.8 Å². The maximum Gasteiger partial charge on any atom is 0.116 e. The van der Waals surface area contributed by atoms with Gasteiger partial charge in [-0.2, -0.15) is 0 Å². The molecule has 1 aromatic heterocycles. The van der Waals surface area contributed by atoms with Crippen LogP contribution in [-0.4, -0.2) is 29.5 Å². The highest BCUT2D eigenvalue weighted by Gasteiger charge is 2.25. The lowest BCUT2D eigenvalue weighted by Gasteiger charge is -2.11. The second kappa shape index (κ2) is 4.38. The molecule has 0 aliphatic carbocycles. The van der Waals surface area contributed by atoms with Gasteiger partial charge in [0.15, 0.2) is 0 Å². The van der Waals surface area contributed by atoms with E-state index in [0.717, 1.165) is 24.6 Å². The molecule has 0 saturated carbocycles. The van der Waals surface area contributed by atoms with Crippen molar-refractivity contribution in [1.29, 1.82) is 0 Å². The van der Waals surface area contributed by atoms with Crippen LogP contribution in [-0.2, 0) is 5.75 Å². The van der Waals surface area contributed by atoms with Crippen LogP contribution in [0.2, 0.25) is 0 Å². The standard InChI is InChI=1S/C10H15NO2S/c1-7-2-3-13-9(7)6-14-10-5-11-4-8(10)12/h2-3,8,10-12H,4-6H2,1H3. The number of furan rings is 1. The number of aliphatic hydroxyl groups is 1. The number of aryl methyl sites for hydroxylation is 1. The Morgan fingerprint density at radius 2 is 2.50 bits per heavy atom. The highest BCUT2D eigenvalue weighted by molar-refractivity contribution is 7.99. The van der Waals surface area contributed by atoms with E-state index in [4.69, 9.17) is 4.42 Å². The minimum absolute atomic E-state index is 0.213. The lowest BCUT2D eigenvalue weighted by atomic mass is 10.3. The van der Waals surface area contributed by atoms with E-state index in [9.17, 15) is 5.11 Å². The number of hydrogen-bond acceptors (Lipinski definition) is 4. The first-order valence-corrected chi connectivity index (χ1v) is 5.85. The zero-order valence-electron chi connectivity index (χ0n) is 8.19. The molecule has 1 aliphatic rings. The minimum Gasteiger partial charge on any atom is -0.468 e. The second-order valence-corrected chi connectivity index (χ2v) is 4.83. The fourth-order valence-corrected chi connectivity index (χ4v) is 2.76. The van der Waals surface area contributed by atoms with Crippen molar-refractivity contribution in [2.75, 3.05) is 13.1 Å². The van der Waals surface area contributed by atoms with Crippen LogP contribution in [0.1, 0.15) is 11.3 Å². The highest BCUT2D eigenvalue weighted by Crippen LogP contribution is 2.24. The van der Waals surface area contributed by atoms with Gasteiger partial charge in [0.2, 0.25) is 0 Å². The van der Waals surface area contributed by atoms with E-state index in [-0.39, 0.29) is 6.10 Å². The number of nitrogens with one attached hydrogen (secondary N) is 1. The summed E-state index contributed by atoms with van der Waals surface area (Å²) in [6.07, 6.45) is 1.50. The predicted octanol–water partition coefficient (Wildman–Crippen LogP) is 1.15. The van der Waals surface area contributed by atoms with Crippen LogP contribution in [0, 0.1) is 6.92 Å². The molecule has 1 saturated heterocycles. The van der Waals surface area contributed by atoms with Gasteiger partial charge in [-0.3, -0.25) is 0 Å². The monoisotopic (exact) mass is 213 g/mol. The summed E-state index contributed by atoms with van der Waals surface area (Å²) in [6.45, 7) is 3.66. The molecule has 2 unspecified atom stereocenters. The summed E-state index contributed by atoms with van der Waals surface area (Å²) < 4.78 is 5.34. The molecule has 3 nitrogen and oxygen atoms in total. The Balaban J connectivity index is 1.85. The zero-order chi connectivity index (χ0) is 9.97.